The molecule has 33 heavy (non-hydrogen) atoms. The summed E-state index contributed by atoms with van der Waals surface area (Å²) in [6, 6.07) is 3.03. The van der Waals surface area contributed by atoms with Crippen LogP contribution < -0.4 is 5.73 Å². The van der Waals surface area contributed by atoms with Crippen LogP contribution in [0.3, 0.4) is 0 Å². The van der Waals surface area contributed by atoms with Gasteiger partial charge < -0.3 is 10.6 Å². The van der Waals surface area contributed by atoms with Crippen molar-refractivity contribution in [3.05, 3.63) is 53.2 Å². The minimum absolute atomic E-state index is 0.0863. The first kappa shape index (κ1) is 21.0. The second kappa shape index (κ2) is 8.26. The highest BCUT2D eigenvalue weighted by atomic mass is 32.1. The number of thiazole rings is 1. The molecule has 4 heterocycles. The van der Waals surface area contributed by atoms with Gasteiger partial charge in [-0.3, -0.25) is 4.79 Å². The molecule has 1 fully saturated rings. The Hall–Kier alpha value is -3.84. The fraction of sp³-hybridized carbons (Fsp3) is 0.261. The first-order chi connectivity index (χ1) is 16.0. The summed E-state index contributed by atoms with van der Waals surface area (Å²) in [6.45, 7) is 6.64. The van der Waals surface area contributed by atoms with Gasteiger partial charge in [-0.25, -0.2) is 24.0 Å². The summed E-state index contributed by atoms with van der Waals surface area (Å²) >= 11 is 1.48. The normalized spacial score (nSPS) is 15.7. The number of amides is 1. The van der Waals surface area contributed by atoms with Crippen LogP contribution in [0.1, 0.15) is 35.7 Å². The van der Waals surface area contributed by atoms with Crippen LogP contribution in [0.25, 0.3) is 21.3 Å². The average Bonchev–Trinajstić information content (AvgIpc) is 3.53. The van der Waals surface area contributed by atoms with E-state index >= 15 is 0 Å². The highest BCUT2D eigenvalue weighted by molar-refractivity contribution is 7.18. The third kappa shape index (κ3) is 3.70. The van der Waals surface area contributed by atoms with Crippen molar-refractivity contribution in [2.75, 3.05) is 18.8 Å². The maximum absolute atomic E-state index is 14.7. The summed E-state index contributed by atoms with van der Waals surface area (Å²) < 4.78 is 17.2. The molecule has 8 nitrogen and oxygen atoms in total. The number of hydrogen-bond donors (Lipinski definition) is 1. The van der Waals surface area contributed by atoms with E-state index in [2.05, 4.69) is 38.5 Å². The Kier molecular flexibility index (Phi) is 5.26. The van der Waals surface area contributed by atoms with Gasteiger partial charge in [-0.05, 0) is 37.0 Å². The second-order valence-electron chi connectivity index (χ2n) is 7.69. The number of carbonyl (C=O) groups is 1. The highest BCUT2D eigenvalue weighted by Gasteiger charge is 2.29. The molecule has 5 rings (SSSR count). The van der Waals surface area contributed by atoms with Crippen LogP contribution in [-0.2, 0) is 11.2 Å². The van der Waals surface area contributed by atoms with Crippen molar-refractivity contribution in [1.29, 1.82) is 0 Å². The van der Waals surface area contributed by atoms with E-state index in [4.69, 9.17) is 5.73 Å². The first-order valence-corrected chi connectivity index (χ1v) is 11.3. The number of nitrogens with zero attached hydrogens (tertiary/aromatic N) is 6. The summed E-state index contributed by atoms with van der Waals surface area (Å²) in [5.74, 6) is 5.55. The SMILES string of the molecule is C=CC(=O)N1CCC(n2nc(C#Cc3cc4nc(CC)sc4cc3F)c3c(N)ncnc32)C1. The molecule has 166 valence electrons. The van der Waals surface area contributed by atoms with Gasteiger partial charge in [0.1, 0.15) is 23.7 Å². The summed E-state index contributed by atoms with van der Waals surface area (Å²) in [5.41, 5.74) is 7.98. The van der Waals surface area contributed by atoms with Crippen LogP contribution in [0, 0.1) is 17.7 Å². The van der Waals surface area contributed by atoms with E-state index in [1.807, 2.05) is 6.92 Å². The molecule has 1 aliphatic rings. The average molecular weight is 462 g/mol. The Labute approximate surface area is 193 Å². The summed E-state index contributed by atoms with van der Waals surface area (Å²) in [5, 5.41) is 6.10. The van der Waals surface area contributed by atoms with Crippen molar-refractivity contribution in [3.8, 4) is 11.8 Å². The van der Waals surface area contributed by atoms with Crippen LogP contribution in [0.5, 0.6) is 0 Å². The zero-order chi connectivity index (χ0) is 23.1. The van der Waals surface area contributed by atoms with Gasteiger partial charge >= 0.3 is 0 Å². The number of carbonyl (C=O) groups excluding carboxylic acids is 1. The number of anilines is 1. The lowest BCUT2D eigenvalue weighted by molar-refractivity contribution is -0.125. The van der Waals surface area contributed by atoms with Crippen molar-refractivity contribution < 1.29 is 9.18 Å². The molecule has 10 heteroatoms. The van der Waals surface area contributed by atoms with Gasteiger partial charge in [-0.15, -0.1) is 11.3 Å². The van der Waals surface area contributed by atoms with E-state index in [-0.39, 0.29) is 23.3 Å². The van der Waals surface area contributed by atoms with Crippen molar-refractivity contribution in [3.63, 3.8) is 0 Å². The predicted octanol–water partition coefficient (Wildman–Crippen LogP) is 3.08. The van der Waals surface area contributed by atoms with Gasteiger partial charge in [-0.1, -0.05) is 19.4 Å². The Bertz CT molecular complexity index is 1480. The smallest absolute Gasteiger partial charge is 0.246 e. The molecule has 1 unspecified atom stereocenters. The molecule has 1 aliphatic heterocycles. The lowest BCUT2D eigenvalue weighted by atomic mass is 10.2. The Balaban J connectivity index is 1.56. The largest absolute Gasteiger partial charge is 0.383 e. The Morgan fingerprint density at radius 1 is 1.39 bits per heavy atom. The number of halogens is 1. The van der Waals surface area contributed by atoms with Crippen molar-refractivity contribution in [1.82, 2.24) is 29.6 Å². The van der Waals surface area contributed by atoms with Crippen molar-refractivity contribution in [2.45, 2.75) is 25.8 Å². The van der Waals surface area contributed by atoms with Gasteiger partial charge in [0, 0.05) is 13.1 Å². The van der Waals surface area contributed by atoms with Crippen LogP contribution >= 0.6 is 11.3 Å². The predicted molar refractivity (Wildman–Crippen MR) is 125 cm³/mol. The zero-order valence-corrected chi connectivity index (χ0v) is 18.7. The number of rotatable bonds is 3. The molecule has 1 atom stereocenters. The number of aromatic nitrogens is 5. The van der Waals surface area contributed by atoms with Gasteiger partial charge in [0.25, 0.3) is 0 Å². The standard InChI is InChI=1S/C23H20FN7OS/c1-3-19-28-17-9-13(15(24)10-18(17)33-19)5-6-16-21-22(25)26-12-27-23(21)31(29-16)14-7-8-30(11-14)20(32)4-2/h4,9-10,12,14H,2-3,7-8,11H2,1H3,(H2,25,26,27). The number of hydrogen-bond acceptors (Lipinski definition) is 7. The minimum atomic E-state index is -0.413. The van der Waals surface area contributed by atoms with Crippen LogP contribution in [-0.4, -0.2) is 48.6 Å². The minimum Gasteiger partial charge on any atom is -0.383 e. The second-order valence-corrected chi connectivity index (χ2v) is 8.81. The number of benzene rings is 1. The number of aryl methyl sites for hydroxylation is 1. The van der Waals surface area contributed by atoms with Crippen LogP contribution in [0.4, 0.5) is 10.2 Å². The summed E-state index contributed by atoms with van der Waals surface area (Å²) in [7, 11) is 0. The summed E-state index contributed by atoms with van der Waals surface area (Å²) in [4.78, 5) is 26.7. The molecule has 2 N–H and O–H groups in total. The fourth-order valence-corrected chi connectivity index (χ4v) is 4.89. The molecule has 4 aromatic rings. The fourth-order valence-electron chi connectivity index (χ4n) is 3.98. The maximum atomic E-state index is 14.7. The number of likely N-dealkylation sites (tertiary alicyclic amines) is 1. The third-order valence-corrected chi connectivity index (χ3v) is 6.82. The summed E-state index contributed by atoms with van der Waals surface area (Å²) in [6.07, 6.45) is 4.18. The maximum Gasteiger partial charge on any atom is 0.246 e. The van der Waals surface area contributed by atoms with Gasteiger partial charge in [0.15, 0.2) is 5.65 Å². The van der Waals surface area contributed by atoms with E-state index in [1.165, 1.54) is 29.8 Å². The van der Waals surface area contributed by atoms with Gasteiger partial charge in [0.2, 0.25) is 5.91 Å². The van der Waals surface area contributed by atoms with Crippen LogP contribution in [0.2, 0.25) is 0 Å². The van der Waals surface area contributed by atoms with Gasteiger partial charge in [0.05, 0.1) is 32.2 Å². The van der Waals surface area contributed by atoms with Gasteiger partial charge in [-0.2, -0.15) is 5.10 Å². The molecule has 0 saturated carbocycles. The lowest BCUT2D eigenvalue weighted by Crippen LogP contribution is -2.27. The monoisotopic (exact) mass is 461 g/mol. The Morgan fingerprint density at radius 3 is 3.03 bits per heavy atom. The molecule has 1 amide bonds. The van der Waals surface area contributed by atoms with E-state index in [9.17, 15) is 9.18 Å². The molecule has 0 bridgehead atoms. The molecule has 0 radical (unpaired) electrons. The lowest BCUT2D eigenvalue weighted by Gasteiger charge is -2.14. The van der Waals surface area contributed by atoms with Crippen LogP contribution in [0.15, 0.2) is 31.1 Å². The van der Waals surface area contributed by atoms with Crippen molar-refractivity contribution in [2.24, 2.45) is 0 Å². The molecule has 1 saturated heterocycles. The third-order valence-electron chi connectivity index (χ3n) is 5.65. The zero-order valence-electron chi connectivity index (χ0n) is 17.9. The quantitative estimate of drug-likeness (QED) is 0.372. The molecular formula is C23H20FN7OS. The van der Waals surface area contributed by atoms with E-state index in [1.54, 1.807) is 15.6 Å². The molecule has 0 spiro atoms. The molecule has 1 aromatic carbocycles. The number of nitrogen functional groups attached to an aromatic ring is 1. The van der Waals surface area contributed by atoms with E-state index in [0.29, 0.717) is 36.2 Å². The molecule has 3 aromatic heterocycles. The molecular weight excluding hydrogens is 441 g/mol. The topological polar surface area (TPSA) is 103 Å². The number of fused-ring (bicyclic) bond motifs is 2. The Morgan fingerprint density at radius 2 is 2.24 bits per heavy atom. The highest BCUT2D eigenvalue weighted by Crippen LogP contribution is 2.29. The van der Waals surface area contributed by atoms with Crippen molar-refractivity contribution >= 4 is 44.3 Å². The first-order valence-electron chi connectivity index (χ1n) is 10.5. The number of nitrogens with two attached hydrogens (primary N) is 1. The van der Waals surface area contributed by atoms with E-state index in [0.717, 1.165) is 21.6 Å². The van der Waals surface area contributed by atoms with E-state index < -0.39 is 5.82 Å². The molecule has 0 aliphatic carbocycles.